The van der Waals surface area contributed by atoms with Crippen molar-refractivity contribution in [3.8, 4) is 0 Å². The van der Waals surface area contributed by atoms with Crippen molar-refractivity contribution >= 4 is 27.7 Å². The summed E-state index contributed by atoms with van der Waals surface area (Å²) in [4.78, 5) is 28.7. The smallest absolute Gasteiger partial charge is 0.291 e. The van der Waals surface area contributed by atoms with Gasteiger partial charge in [0.05, 0.1) is 11.7 Å². The van der Waals surface area contributed by atoms with Gasteiger partial charge in [0.1, 0.15) is 11.6 Å². The molecule has 0 radical (unpaired) electrons. The Hall–Kier alpha value is -2.67. The number of benzene rings is 1. The molecule has 0 aliphatic carbocycles. The van der Waals surface area contributed by atoms with E-state index in [1.165, 1.54) is 17.5 Å². The Bertz CT molecular complexity index is 1130. The van der Waals surface area contributed by atoms with Crippen LogP contribution in [-0.4, -0.2) is 51.3 Å². The van der Waals surface area contributed by atoms with E-state index in [9.17, 15) is 9.59 Å². The highest BCUT2D eigenvalue weighted by atomic mass is 16.2. The highest BCUT2D eigenvalue weighted by Gasteiger charge is 2.25. The molecule has 0 bridgehead atoms. The first kappa shape index (κ1) is 21.6. The number of nitrogens with zero attached hydrogens (tertiary/aromatic N) is 4. The number of fused-ring (bicyclic) bond motifs is 3. The molecule has 1 amide bonds. The van der Waals surface area contributed by atoms with Gasteiger partial charge in [-0.05, 0) is 50.8 Å². The van der Waals surface area contributed by atoms with E-state index in [0.717, 1.165) is 48.3 Å². The first-order valence-electron chi connectivity index (χ1n) is 11.5. The van der Waals surface area contributed by atoms with Crippen LogP contribution in [0.1, 0.15) is 45.6 Å². The standard InChI is InChI=1S/C24H33N5O2/c1-4-20(23(30)25-12-8-14-28-13-7-9-17(2)16-28)29-21-11-6-5-10-18(21)19-15-26-27(3)24(31)22(19)29/h5-6,10-11,15,17,20H,4,7-9,12-14,16H2,1-3H3,(H,25,30)/t17-,20+/m0/s1. The van der Waals surface area contributed by atoms with Gasteiger partial charge in [0.25, 0.3) is 5.56 Å². The number of likely N-dealkylation sites (tertiary alicyclic amines) is 1. The maximum Gasteiger partial charge on any atom is 0.291 e. The monoisotopic (exact) mass is 423 g/mol. The van der Waals surface area contributed by atoms with Gasteiger partial charge in [0, 0.05) is 30.9 Å². The number of rotatable bonds is 7. The second-order valence-corrected chi connectivity index (χ2v) is 8.84. The minimum Gasteiger partial charge on any atom is -0.354 e. The summed E-state index contributed by atoms with van der Waals surface area (Å²) in [6.45, 7) is 8.29. The van der Waals surface area contributed by atoms with Crippen molar-refractivity contribution in [1.29, 1.82) is 0 Å². The summed E-state index contributed by atoms with van der Waals surface area (Å²) in [6, 6.07) is 7.42. The molecule has 0 spiro atoms. The predicted octanol–water partition coefficient (Wildman–Crippen LogP) is 3.08. The SMILES string of the molecule is CC[C@H](C(=O)NCCCN1CCC[C@H](C)C1)n1c2ccccc2c2cnn(C)c(=O)c21. The summed E-state index contributed by atoms with van der Waals surface area (Å²) >= 11 is 0. The van der Waals surface area contributed by atoms with Gasteiger partial charge < -0.3 is 14.8 Å². The van der Waals surface area contributed by atoms with Gasteiger partial charge in [-0.15, -0.1) is 0 Å². The van der Waals surface area contributed by atoms with E-state index in [2.05, 4.69) is 22.2 Å². The fourth-order valence-corrected chi connectivity index (χ4v) is 4.92. The van der Waals surface area contributed by atoms with Crippen molar-refractivity contribution in [3.05, 3.63) is 40.8 Å². The predicted molar refractivity (Wildman–Crippen MR) is 124 cm³/mol. The number of piperidine rings is 1. The largest absolute Gasteiger partial charge is 0.354 e. The van der Waals surface area contributed by atoms with Crippen LogP contribution in [0.15, 0.2) is 35.3 Å². The highest BCUT2D eigenvalue weighted by molar-refractivity contribution is 6.08. The number of amides is 1. The number of hydrogen-bond donors (Lipinski definition) is 1. The van der Waals surface area contributed by atoms with Gasteiger partial charge in [0.2, 0.25) is 5.91 Å². The number of carbonyl (C=O) groups excluding carboxylic acids is 1. The molecular weight excluding hydrogens is 390 g/mol. The Morgan fingerprint density at radius 1 is 1.29 bits per heavy atom. The van der Waals surface area contributed by atoms with Crippen LogP contribution in [0.3, 0.4) is 0 Å². The van der Waals surface area contributed by atoms with Gasteiger partial charge in [-0.2, -0.15) is 5.10 Å². The quantitative estimate of drug-likeness (QED) is 0.593. The maximum absolute atomic E-state index is 13.2. The second kappa shape index (κ2) is 9.22. The van der Waals surface area contributed by atoms with Crippen LogP contribution >= 0.6 is 0 Å². The lowest BCUT2D eigenvalue weighted by Gasteiger charge is -2.30. The zero-order valence-corrected chi connectivity index (χ0v) is 18.8. The first-order valence-corrected chi connectivity index (χ1v) is 11.5. The highest BCUT2D eigenvalue weighted by Crippen LogP contribution is 2.30. The summed E-state index contributed by atoms with van der Waals surface area (Å²) < 4.78 is 3.25. The van der Waals surface area contributed by atoms with E-state index in [-0.39, 0.29) is 11.5 Å². The van der Waals surface area contributed by atoms with Gasteiger partial charge >= 0.3 is 0 Å². The molecular formula is C24H33N5O2. The van der Waals surface area contributed by atoms with E-state index in [1.807, 2.05) is 35.8 Å². The molecule has 2 aromatic heterocycles. The molecule has 2 atom stereocenters. The fraction of sp³-hybridized carbons (Fsp3) is 0.542. The maximum atomic E-state index is 13.2. The number of aryl methyl sites for hydroxylation is 1. The summed E-state index contributed by atoms with van der Waals surface area (Å²) in [6.07, 6.45) is 5.85. The van der Waals surface area contributed by atoms with Crippen molar-refractivity contribution < 1.29 is 4.79 Å². The molecule has 1 aliphatic rings. The van der Waals surface area contributed by atoms with Crippen LogP contribution in [0.2, 0.25) is 0 Å². The molecule has 31 heavy (non-hydrogen) atoms. The molecule has 3 aromatic rings. The topological polar surface area (TPSA) is 72.2 Å². The second-order valence-electron chi connectivity index (χ2n) is 8.84. The molecule has 7 nitrogen and oxygen atoms in total. The molecule has 4 rings (SSSR count). The van der Waals surface area contributed by atoms with Crippen LogP contribution in [0, 0.1) is 5.92 Å². The van der Waals surface area contributed by atoms with Gasteiger partial charge in [-0.1, -0.05) is 32.0 Å². The van der Waals surface area contributed by atoms with E-state index in [0.29, 0.717) is 18.5 Å². The zero-order chi connectivity index (χ0) is 22.0. The number of para-hydroxylation sites is 1. The normalized spacial score (nSPS) is 18.5. The molecule has 166 valence electrons. The van der Waals surface area contributed by atoms with Gasteiger partial charge in [-0.3, -0.25) is 9.59 Å². The van der Waals surface area contributed by atoms with Crippen molar-refractivity contribution in [2.24, 2.45) is 13.0 Å². The number of aromatic nitrogens is 3. The lowest BCUT2D eigenvalue weighted by Crippen LogP contribution is -2.38. The molecule has 0 saturated carbocycles. The van der Waals surface area contributed by atoms with E-state index < -0.39 is 6.04 Å². The summed E-state index contributed by atoms with van der Waals surface area (Å²) in [5.74, 6) is 0.733. The minimum absolute atomic E-state index is 0.0315. The van der Waals surface area contributed by atoms with Gasteiger partial charge in [0.15, 0.2) is 0 Å². The Morgan fingerprint density at radius 2 is 2.10 bits per heavy atom. The van der Waals surface area contributed by atoms with Crippen molar-refractivity contribution in [1.82, 2.24) is 24.6 Å². The average Bonchev–Trinajstić information content (AvgIpc) is 3.10. The third-order valence-electron chi connectivity index (χ3n) is 6.50. The van der Waals surface area contributed by atoms with Crippen molar-refractivity contribution in [2.45, 2.75) is 45.6 Å². The minimum atomic E-state index is -0.437. The molecule has 1 aromatic carbocycles. The van der Waals surface area contributed by atoms with E-state index >= 15 is 0 Å². The Balaban J connectivity index is 1.55. The first-order chi connectivity index (χ1) is 15.0. The van der Waals surface area contributed by atoms with Crippen molar-refractivity contribution in [2.75, 3.05) is 26.2 Å². The molecule has 1 fully saturated rings. The molecule has 1 saturated heterocycles. The molecule has 0 unspecified atom stereocenters. The Labute approximate surface area is 183 Å². The number of carbonyl (C=O) groups is 1. The van der Waals surface area contributed by atoms with E-state index in [1.54, 1.807) is 13.2 Å². The lowest BCUT2D eigenvalue weighted by atomic mass is 10.0. The molecule has 1 aliphatic heterocycles. The van der Waals surface area contributed by atoms with Crippen LogP contribution < -0.4 is 10.9 Å². The summed E-state index contributed by atoms with van der Waals surface area (Å²) in [7, 11) is 1.65. The summed E-state index contributed by atoms with van der Waals surface area (Å²) in [5, 5.41) is 9.07. The van der Waals surface area contributed by atoms with Gasteiger partial charge in [-0.25, -0.2) is 4.68 Å². The van der Waals surface area contributed by atoms with Crippen LogP contribution in [0.5, 0.6) is 0 Å². The van der Waals surface area contributed by atoms with Crippen LogP contribution in [0.25, 0.3) is 21.8 Å². The zero-order valence-electron chi connectivity index (χ0n) is 18.8. The molecule has 3 heterocycles. The Kier molecular flexibility index (Phi) is 6.41. The van der Waals surface area contributed by atoms with Crippen LogP contribution in [-0.2, 0) is 11.8 Å². The molecule has 7 heteroatoms. The Morgan fingerprint density at radius 3 is 2.87 bits per heavy atom. The third-order valence-corrected chi connectivity index (χ3v) is 6.50. The third kappa shape index (κ3) is 4.24. The number of nitrogens with one attached hydrogen (secondary N) is 1. The van der Waals surface area contributed by atoms with Crippen LogP contribution in [0.4, 0.5) is 0 Å². The van der Waals surface area contributed by atoms with Crippen molar-refractivity contribution in [3.63, 3.8) is 0 Å². The van der Waals surface area contributed by atoms with E-state index in [4.69, 9.17) is 0 Å². The average molecular weight is 424 g/mol. The number of hydrogen-bond acceptors (Lipinski definition) is 4. The summed E-state index contributed by atoms with van der Waals surface area (Å²) in [5.41, 5.74) is 1.26. The molecule has 1 N–H and O–H groups in total. The fourth-order valence-electron chi connectivity index (χ4n) is 4.92. The lowest BCUT2D eigenvalue weighted by molar-refractivity contribution is -0.124.